The minimum Gasteiger partial charge on any atom is -0.409 e. The number of thiocarbonyl (C=S) groups is 1. The third-order valence-corrected chi connectivity index (χ3v) is 5.91. The maximum atomic E-state index is 8.70. The van der Waals surface area contributed by atoms with Gasteiger partial charge in [0.2, 0.25) is 0 Å². The van der Waals surface area contributed by atoms with Gasteiger partial charge in [-0.1, -0.05) is 29.5 Å². The Bertz CT molecular complexity index is 1810. The van der Waals surface area contributed by atoms with Gasteiger partial charge in [-0.2, -0.15) is 10.2 Å². The van der Waals surface area contributed by atoms with Gasteiger partial charge in [-0.3, -0.25) is 9.97 Å². The first-order chi connectivity index (χ1) is 21.0. The molecule has 216 valence electrons. The lowest BCUT2D eigenvalue weighted by molar-refractivity contribution is 0.311. The maximum absolute atomic E-state index is 8.70. The van der Waals surface area contributed by atoms with E-state index in [1.807, 2.05) is 54.9 Å². The van der Waals surface area contributed by atoms with E-state index in [1.165, 1.54) is 0 Å². The molecule has 6 rings (SSSR count). The van der Waals surface area contributed by atoms with Crippen LogP contribution in [0.2, 0.25) is 0 Å². The van der Waals surface area contributed by atoms with Crippen molar-refractivity contribution in [1.29, 1.82) is 0 Å². The van der Waals surface area contributed by atoms with Crippen molar-refractivity contribution in [3.8, 4) is 33.9 Å². The van der Waals surface area contributed by atoms with Gasteiger partial charge in [0.05, 0.1) is 53.2 Å². The summed E-state index contributed by atoms with van der Waals surface area (Å²) in [4.78, 5) is 17.2. The molecule has 0 saturated heterocycles. The van der Waals surface area contributed by atoms with Gasteiger partial charge in [0.1, 0.15) is 10.7 Å². The average Bonchev–Trinajstić information content (AvgIpc) is 3.78. The summed E-state index contributed by atoms with van der Waals surface area (Å²) in [6.07, 6.45) is 14.1. The van der Waals surface area contributed by atoms with Crippen LogP contribution in [0.25, 0.3) is 33.9 Å². The maximum Gasteiger partial charge on any atom is 0.188 e. The second-order valence-electron chi connectivity index (χ2n) is 8.44. The first-order valence-electron chi connectivity index (χ1n) is 12.4. The summed E-state index contributed by atoms with van der Waals surface area (Å²) in [7, 11) is 0. The van der Waals surface area contributed by atoms with Gasteiger partial charge in [0.15, 0.2) is 5.84 Å². The van der Waals surface area contributed by atoms with Gasteiger partial charge in [0.25, 0.3) is 0 Å². The Kier molecular flexibility index (Phi) is 10.2. The van der Waals surface area contributed by atoms with Crippen molar-refractivity contribution in [3.63, 3.8) is 0 Å². The largest absolute Gasteiger partial charge is 0.409 e. The molecule has 0 aliphatic heterocycles. The summed E-state index contributed by atoms with van der Waals surface area (Å²) in [6, 6.07) is 18.4. The van der Waals surface area contributed by atoms with Crippen molar-refractivity contribution in [2.45, 2.75) is 0 Å². The Labute approximate surface area is 250 Å². The number of aromatic nitrogens is 8. The Balaban J connectivity index is 0.000000186. The van der Waals surface area contributed by atoms with E-state index >= 15 is 0 Å². The molecule has 0 fully saturated rings. The van der Waals surface area contributed by atoms with Crippen LogP contribution in [0.5, 0.6) is 0 Å². The van der Waals surface area contributed by atoms with Gasteiger partial charge >= 0.3 is 0 Å². The van der Waals surface area contributed by atoms with Crippen LogP contribution in [0.3, 0.4) is 0 Å². The second kappa shape index (κ2) is 14.6. The van der Waals surface area contributed by atoms with Gasteiger partial charge in [-0.05, 0) is 48.5 Å². The molecule has 0 bridgehead atoms. The predicted molar refractivity (Wildman–Crippen MR) is 164 cm³/mol. The topological polar surface area (TPSA) is 218 Å². The lowest BCUT2D eigenvalue weighted by Crippen LogP contribution is -2.14. The average molecular weight is 595 g/mol. The molecule has 6 heterocycles. The SMILES string of the molecule is N/C(=N\O)c1cccc(-c2cnn(-c3cccnc3)c2)n1.NC(=S)c1cccc(-c2cnn(-c3cccnc3)c2)n1.NO. The van der Waals surface area contributed by atoms with E-state index in [4.69, 9.17) is 34.1 Å². The minimum absolute atomic E-state index is 0.0310. The number of oxime groups is 1. The fraction of sp³-hybridized carbons (Fsp3) is 0. The fourth-order valence-electron chi connectivity index (χ4n) is 3.69. The first-order valence-corrected chi connectivity index (χ1v) is 12.8. The van der Waals surface area contributed by atoms with E-state index in [0.29, 0.717) is 17.1 Å². The number of hydrogen-bond donors (Lipinski definition) is 5. The Morgan fingerprint density at radius 1 is 0.674 bits per heavy atom. The quantitative estimate of drug-likeness (QED) is 0.0618. The molecule has 8 N–H and O–H groups in total. The molecule has 0 radical (unpaired) electrons. The third kappa shape index (κ3) is 7.65. The highest BCUT2D eigenvalue weighted by molar-refractivity contribution is 7.80. The van der Waals surface area contributed by atoms with E-state index < -0.39 is 0 Å². The van der Waals surface area contributed by atoms with Crippen LogP contribution in [0, 0.1) is 0 Å². The van der Waals surface area contributed by atoms with Crippen molar-refractivity contribution in [1.82, 2.24) is 39.5 Å². The van der Waals surface area contributed by atoms with Crippen molar-refractivity contribution in [2.75, 3.05) is 0 Å². The van der Waals surface area contributed by atoms with Crippen LogP contribution < -0.4 is 17.4 Å². The van der Waals surface area contributed by atoms with Crippen LogP contribution in [-0.2, 0) is 0 Å². The lowest BCUT2D eigenvalue weighted by atomic mass is 10.2. The summed E-state index contributed by atoms with van der Waals surface area (Å²) < 4.78 is 3.46. The van der Waals surface area contributed by atoms with Crippen LogP contribution in [0.1, 0.15) is 11.4 Å². The van der Waals surface area contributed by atoms with E-state index in [9.17, 15) is 0 Å². The molecule has 14 nitrogen and oxygen atoms in total. The van der Waals surface area contributed by atoms with E-state index in [0.717, 1.165) is 28.2 Å². The smallest absolute Gasteiger partial charge is 0.188 e. The third-order valence-electron chi connectivity index (χ3n) is 5.70. The Morgan fingerprint density at radius 3 is 1.60 bits per heavy atom. The van der Waals surface area contributed by atoms with Gasteiger partial charge < -0.3 is 21.9 Å². The van der Waals surface area contributed by atoms with E-state index in [-0.39, 0.29) is 10.8 Å². The van der Waals surface area contributed by atoms with Crippen molar-refractivity contribution >= 4 is 23.0 Å². The molecular weight excluding hydrogens is 568 g/mol. The number of rotatable bonds is 6. The van der Waals surface area contributed by atoms with Gasteiger partial charge in [-0.15, -0.1) is 0 Å². The molecule has 0 atom stereocenters. The molecule has 0 unspecified atom stereocenters. The van der Waals surface area contributed by atoms with Gasteiger partial charge in [0, 0.05) is 35.9 Å². The molecular formula is C28H26N12O2S. The number of amidine groups is 1. The molecule has 6 aromatic rings. The summed E-state index contributed by atoms with van der Waals surface area (Å²) in [6.45, 7) is 0. The number of nitrogens with zero attached hydrogens (tertiary/aromatic N) is 9. The predicted octanol–water partition coefficient (Wildman–Crippen LogP) is 2.72. The minimum atomic E-state index is -0.0310. The zero-order valence-corrected chi connectivity index (χ0v) is 23.3. The summed E-state index contributed by atoms with van der Waals surface area (Å²) in [5.74, 6) is 3.47. The normalized spacial score (nSPS) is 10.6. The number of hydrogen-bond acceptors (Lipinski definition) is 11. The first kappa shape index (κ1) is 30.1. The number of pyridine rings is 4. The van der Waals surface area contributed by atoms with Gasteiger partial charge in [-0.25, -0.2) is 25.2 Å². The van der Waals surface area contributed by atoms with Crippen molar-refractivity contribution in [3.05, 3.63) is 122 Å². The highest BCUT2D eigenvalue weighted by Crippen LogP contribution is 2.19. The number of nitrogens with two attached hydrogens (primary N) is 3. The standard InChI is InChI=1S/C14H12N6O.C14H11N5S.H3NO/c15-14(19-21)13-5-1-4-12(18-13)10-7-17-20(9-10)11-3-2-6-16-8-11;15-14(20)13-5-1-4-12(18-13)10-7-17-19(9-10)11-3-2-6-16-8-11;1-2/h1-9,21H,(H2,15,19);1-9H,(H2,15,20);2H,1H2. The molecule has 0 spiro atoms. The van der Waals surface area contributed by atoms with Crippen LogP contribution in [0.4, 0.5) is 0 Å². The Hall–Kier alpha value is -5.90. The van der Waals surface area contributed by atoms with Crippen molar-refractivity contribution in [2.24, 2.45) is 22.5 Å². The van der Waals surface area contributed by atoms with Crippen LogP contribution in [-0.4, -0.2) is 60.7 Å². The van der Waals surface area contributed by atoms with Crippen LogP contribution >= 0.6 is 12.2 Å². The summed E-state index contributed by atoms with van der Waals surface area (Å²) >= 11 is 4.94. The fourth-order valence-corrected chi connectivity index (χ4v) is 3.81. The summed E-state index contributed by atoms with van der Waals surface area (Å²) in [5.41, 5.74) is 17.1. The Morgan fingerprint density at radius 2 is 1.16 bits per heavy atom. The molecule has 43 heavy (non-hydrogen) atoms. The zero-order chi connectivity index (χ0) is 30.6. The molecule has 0 saturated carbocycles. The highest BCUT2D eigenvalue weighted by atomic mass is 32.1. The van der Waals surface area contributed by atoms with Crippen LogP contribution in [0.15, 0.2) is 115 Å². The molecule has 15 heteroatoms. The molecule has 0 amide bonds. The zero-order valence-electron chi connectivity index (χ0n) is 22.5. The molecule has 0 aliphatic carbocycles. The summed E-state index contributed by atoms with van der Waals surface area (Å²) in [5, 5.41) is 26.7. The lowest BCUT2D eigenvalue weighted by Gasteiger charge is -2.01. The molecule has 0 aliphatic rings. The highest BCUT2D eigenvalue weighted by Gasteiger charge is 2.08. The molecule has 0 aromatic carbocycles. The van der Waals surface area contributed by atoms with E-state index in [1.54, 1.807) is 64.7 Å². The van der Waals surface area contributed by atoms with E-state index in [2.05, 4.69) is 41.2 Å². The molecule has 6 aromatic heterocycles. The second-order valence-corrected chi connectivity index (χ2v) is 8.88. The van der Waals surface area contributed by atoms with Crippen molar-refractivity contribution < 1.29 is 10.4 Å². The monoisotopic (exact) mass is 594 g/mol.